The van der Waals surface area contributed by atoms with Crippen LogP contribution in [-0.2, 0) is 10.2 Å². The number of pyridine rings is 1. The second kappa shape index (κ2) is 11.9. The van der Waals surface area contributed by atoms with Crippen LogP contribution in [0, 0.1) is 0 Å². The summed E-state index contributed by atoms with van der Waals surface area (Å²) in [5.74, 6) is -0.692. The van der Waals surface area contributed by atoms with E-state index in [2.05, 4.69) is 17.4 Å². The highest BCUT2D eigenvalue weighted by molar-refractivity contribution is 5.99. The lowest BCUT2D eigenvalue weighted by Gasteiger charge is -2.38. The Kier molecular flexibility index (Phi) is 8.62. The van der Waals surface area contributed by atoms with Gasteiger partial charge in [0.05, 0.1) is 0 Å². The zero-order valence-corrected chi connectivity index (χ0v) is 21.6. The molecule has 36 heavy (non-hydrogen) atoms. The van der Waals surface area contributed by atoms with Gasteiger partial charge in [-0.25, -0.2) is 0 Å². The summed E-state index contributed by atoms with van der Waals surface area (Å²) in [5.41, 5.74) is 0.558. The Morgan fingerprint density at radius 1 is 1.00 bits per heavy atom. The van der Waals surface area contributed by atoms with Crippen molar-refractivity contribution in [3.05, 3.63) is 69.6 Å². The van der Waals surface area contributed by atoms with Crippen LogP contribution in [0.4, 0.5) is 0 Å². The van der Waals surface area contributed by atoms with E-state index in [1.165, 1.54) is 0 Å². The van der Waals surface area contributed by atoms with Crippen LogP contribution in [0.3, 0.4) is 0 Å². The highest BCUT2D eigenvalue weighted by Gasteiger charge is 2.35. The molecule has 0 spiro atoms. The Hall–Kier alpha value is -2.93. The first-order chi connectivity index (χ1) is 17.4. The number of amides is 2. The molecular weight excluding hydrogens is 454 g/mol. The fourth-order valence-corrected chi connectivity index (χ4v) is 5.29. The Bertz CT molecular complexity index is 1100. The molecule has 4 rings (SSSR count). The van der Waals surface area contributed by atoms with Gasteiger partial charge in [-0.05, 0) is 44.6 Å². The van der Waals surface area contributed by atoms with Crippen molar-refractivity contribution in [2.45, 2.75) is 70.3 Å². The number of hydrogen-bond acceptors (Lipinski definition) is 4. The number of likely N-dealkylation sites (tertiary alicyclic amines) is 1. The maximum atomic E-state index is 13.5. The molecule has 194 valence electrons. The standard InChI is InChI=1S/C29H39N3O4/c1-3-22(2)32-19-24(26(33)25(20-32)28(35)31-15-9-4-5-10-16-31)27(34)30-21-29(13-17-36-18-14-29)23-11-7-6-8-12-23/h6-8,11-12,19-20,22H,3-5,9-10,13-18,21H2,1-2H3,(H,30,34). The molecule has 1 atom stereocenters. The normalized spacial score (nSPS) is 18.8. The quantitative estimate of drug-likeness (QED) is 0.623. The highest BCUT2D eigenvalue weighted by Crippen LogP contribution is 2.34. The Morgan fingerprint density at radius 2 is 1.64 bits per heavy atom. The molecule has 0 aliphatic carbocycles. The fraction of sp³-hybridized carbons (Fsp3) is 0.552. The molecule has 7 heteroatoms. The van der Waals surface area contributed by atoms with Gasteiger partial charge >= 0.3 is 0 Å². The maximum Gasteiger partial charge on any atom is 0.259 e. The van der Waals surface area contributed by atoms with E-state index in [1.807, 2.05) is 36.6 Å². The van der Waals surface area contributed by atoms with Crippen molar-refractivity contribution in [2.75, 3.05) is 32.8 Å². The monoisotopic (exact) mass is 493 g/mol. The molecule has 1 aromatic heterocycles. The van der Waals surface area contributed by atoms with Crippen molar-refractivity contribution in [1.82, 2.24) is 14.8 Å². The molecule has 1 aromatic carbocycles. The van der Waals surface area contributed by atoms with E-state index in [1.54, 1.807) is 17.3 Å². The number of ether oxygens (including phenoxy) is 1. The second-order valence-corrected chi connectivity index (χ2v) is 10.3. The van der Waals surface area contributed by atoms with E-state index in [0.29, 0.717) is 32.8 Å². The molecule has 0 bridgehead atoms. The van der Waals surface area contributed by atoms with E-state index < -0.39 is 11.3 Å². The number of carbonyl (C=O) groups is 2. The molecule has 2 fully saturated rings. The van der Waals surface area contributed by atoms with Crippen LogP contribution in [0.2, 0.25) is 0 Å². The van der Waals surface area contributed by atoms with Crippen LogP contribution in [0.1, 0.15) is 91.1 Å². The van der Waals surface area contributed by atoms with Crippen molar-refractivity contribution in [3.63, 3.8) is 0 Å². The lowest BCUT2D eigenvalue weighted by molar-refractivity contribution is 0.0487. The molecule has 2 aliphatic rings. The lowest BCUT2D eigenvalue weighted by Crippen LogP contribution is -2.46. The van der Waals surface area contributed by atoms with Crippen LogP contribution >= 0.6 is 0 Å². The van der Waals surface area contributed by atoms with Crippen LogP contribution in [-0.4, -0.2) is 54.1 Å². The SMILES string of the molecule is CCC(C)n1cc(C(=O)NCC2(c3ccccc3)CCOCC2)c(=O)c(C(=O)N2CCCCCC2)c1. The van der Waals surface area contributed by atoms with Gasteiger partial charge in [-0.3, -0.25) is 14.4 Å². The fourth-order valence-electron chi connectivity index (χ4n) is 5.29. The Morgan fingerprint density at radius 3 is 2.28 bits per heavy atom. The number of carbonyl (C=O) groups excluding carboxylic acids is 2. The predicted octanol–water partition coefficient (Wildman–Crippen LogP) is 4.31. The molecule has 2 saturated heterocycles. The zero-order chi connectivity index (χ0) is 25.5. The molecule has 7 nitrogen and oxygen atoms in total. The first kappa shape index (κ1) is 26.1. The smallest absolute Gasteiger partial charge is 0.259 e. The summed E-state index contributed by atoms with van der Waals surface area (Å²) in [5, 5.41) is 3.06. The third-order valence-corrected chi connectivity index (χ3v) is 7.94. The summed E-state index contributed by atoms with van der Waals surface area (Å²) < 4.78 is 7.46. The van der Waals surface area contributed by atoms with Crippen molar-refractivity contribution >= 4 is 11.8 Å². The molecular formula is C29H39N3O4. The molecule has 2 aromatic rings. The van der Waals surface area contributed by atoms with Crippen LogP contribution < -0.4 is 10.7 Å². The second-order valence-electron chi connectivity index (χ2n) is 10.3. The third-order valence-electron chi connectivity index (χ3n) is 7.94. The third kappa shape index (κ3) is 5.72. The average Bonchev–Trinajstić information content (AvgIpc) is 3.22. The van der Waals surface area contributed by atoms with Crippen molar-refractivity contribution in [1.29, 1.82) is 0 Å². The molecule has 1 N–H and O–H groups in total. The Labute approximate surface area is 213 Å². The summed E-state index contributed by atoms with van der Waals surface area (Å²) in [6.45, 7) is 7.05. The molecule has 0 radical (unpaired) electrons. The van der Waals surface area contributed by atoms with E-state index in [0.717, 1.165) is 50.5 Å². The number of hydrogen-bond donors (Lipinski definition) is 1. The minimum absolute atomic E-state index is 0.0336. The average molecular weight is 494 g/mol. The molecule has 3 heterocycles. The highest BCUT2D eigenvalue weighted by atomic mass is 16.5. The maximum absolute atomic E-state index is 13.5. The summed E-state index contributed by atoms with van der Waals surface area (Å²) >= 11 is 0. The van der Waals surface area contributed by atoms with Crippen molar-refractivity contribution in [2.24, 2.45) is 0 Å². The number of nitrogens with one attached hydrogen (secondary N) is 1. The van der Waals surface area contributed by atoms with Gasteiger partial charge in [0.15, 0.2) is 0 Å². The zero-order valence-electron chi connectivity index (χ0n) is 21.6. The van der Waals surface area contributed by atoms with Crippen LogP contribution in [0.25, 0.3) is 0 Å². The first-order valence-corrected chi connectivity index (χ1v) is 13.4. The van der Waals surface area contributed by atoms with Gasteiger partial charge in [0.25, 0.3) is 11.8 Å². The van der Waals surface area contributed by atoms with Crippen LogP contribution in [0.15, 0.2) is 47.5 Å². The number of aromatic nitrogens is 1. The van der Waals surface area contributed by atoms with E-state index >= 15 is 0 Å². The largest absolute Gasteiger partial charge is 0.381 e. The molecule has 1 unspecified atom stereocenters. The topological polar surface area (TPSA) is 80.6 Å². The summed E-state index contributed by atoms with van der Waals surface area (Å²) in [6.07, 6.45) is 9.74. The summed E-state index contributed by atoms with van der Waals surface area (Å²) in [6, 6.07) is 10.2. The van der Waals surface area contributed by atoms with Crippen LogP contribution in [0.5, 0.6) is 0 Å². The minimum atomic E-state index is -0.484. The van der Waals surface area contributed by atoms with Gasteiger partial charge in [0.2, 0.25) is 5.43 Å². The van der Waals surface area contributed by atoms with E-state index in [-0.39, 0.29) is 28.5 Å². The number of rotatable bonds is 7. The summed E-state index contributed by atoms with van der Waals surface area (Å²) in [7, 11) is 0. The van der Waals surface area contributed by atoms with Gasteiger partial charge in [0, 0.05) is 56.7 Å². The van der Waals surface area contributed by atoms with Gasteiger partial charge in [-0.1, -0.05) is 50.1 Å². The van der Waals surface area contributed by atoms with Gasteiger partial charge in [-0.2, -0.15) is 0 Å². The number of benzene rings is 1. The van der Waals surface area contributed by atoms with Crippen molar-refractivity contribution in [3.8, 4) is 0 Å². The lowest BCUT2D eigenvalue weighted by atomic mass is 9.74. The van der Waals surface area contributed by atoms with Gasteiger partial charge < -0.3 is 19.5 Å². The van der Waals surface area contributed by atoms with Gasteiger partial charge in [-0.15, -0.1) is 0 Å². The molecule has 2 amide bonds. The van der Waals surface area contributed by atoms with E-state index in [9.17, 15) is 14.4 Å². The van der Waals surface area contributed by atoms with Crippen molar-refractivity contribution < 1.29 is 14.3 Å². The number of nitrogens with zero attached hydrogens (tertiary/aromatic N) is 2. The van der Waals surface area contributed by atoms with Gasteiger partial charge in [0.1, 0.15) is 11.1 Å². The van der Waals surface area contributed by atoms with E-state index in [4.69, 9.17) is 4.74 Å². The first-order valence-electron chi connectivity index (χ1n) is 13.4. The molecule has 2 aliphatic heterocycles. The predicted molar refractivity (Wildman–Crippen MR) is 141 cm³/mol. The minimum Gasteiger partial charge on any atom is -0.381 e. The molecule has 0 saturated carbocycles. The summed E-state index contributed by atoms with van der Waals surface area (Å²) in [4.78, 5) is 42.2. The Balaban J connectivity index is 1.63.